The van der Waals surface area contributed by atoms with Crippen LogP contribution in [0.4, 0.5) is 18.0 Å². The molecule has 1 aromatic heterocycles. The Labute approximate surface area is 334 Å². The second-order valence-electron chi connectivity index (χ2n) is 16.8. The maximum atomic E-state index is 14.8. The highest BCUT2D eigenvalue weighted by Crippen LogP contribution is 2.46. The van der Waals surface area contributed by atoms with Crippen molar-refractivity contribution in [2.24, 2.45) is 17.8 Å². The molecule has 4 amide bonds. The Kier molecular flexibility index (Phi) is 10.9. The first-order valence-corrected chi connectivity index (χ1v) is 21.2. The van der Waals surface area contributed by atoms with Crippen LogP contribution in [0.3, 0.4) is 0 Å². The fraction of sp³-hybridized carbons (Fsp3) is 0.537. The van der Waals surface area contributed by atoms with Gasteiger partial charge >= 0.3 is 12.3 Å². The van der Waals surface area contributed by atoms with Crippen molar-refractivity contribution in [1.82, 2.24) is 25.2 Å². The van der Waals surface area contributed by atoms with Crippen molar-refractivity contribution in [3.63, 3.8) is 0 Å². The van der Waals surface area contributed by atoms with Crippen LogP contribution >= 0.6 is 0 Å². The predicted molar refractivity (Wildman–Crippen MR) is 208 cm³/mol. The number of nitrogens with one attached hydrogen (secondary N) is 3. The third-order valence-corrected chi connectivity index (χ3v) is 13.6. The molecule has 7 unspecified atom stereocenters. The number of hydrogen-bond acceptors (Lipinski definition) is 9. The number of carbonyl (C=O) groups is 4. The maximum Gasteiger partial charge on any atom is 0.427 e. The molecule has 58 heavy (non-hydrogen) atoms. The van der Waals surface area contributed by atoms with E-state index in [0.29, 0.717) is 56.9 Å². The Balaban J connectivity index is 1.24. The summed E-state index contributed by atoms with van der Waals surface area (Å²) in [5.41, 5.74) is -3.86. The van der Waals surface area contributed by atoms with Crippen LogP contribution in [0.2, 0.25) is 0 Å². The average molecular weight is 828 g/mol. The largest absolute Gasteiger partial charge is 0.472 e. The first kappa shape index (κ1) is 41.2. The Morgan fingerprint density at radius 3 is 2.33 bits per heavy atom. The molecule has 2 saturated carbocycles. The van der Waals surface area contributed by atoms with Gasteiger partial charge in [0.15, 0.2) is 0 Å². The lowest BCUT2D eigenvalue weighted by molar-refractivity contribution is -0.244. The lowest BCUT2D eigenvalue weighted by Gasteiger charge is -2.34. The number of ether oxygens (including phenoxy) is 2. The molecule has 3 N–H and O–H groups in total. The number of fused-ring (bicyclic) bond motifs is 5. The van der Waals surface area contributed by atoms with Crippen LogP contribution in [0, 0.1) is 17.8 Å². The summed E-state index contributed by atoms with van der Waals surface area (Å²) < 4.78 is 80.6. The molecule has 7 rings (SSSR count). The lowest BCUT2D eigenvalue weighted by Crippen LogP contribution is -2.59. The van der Waals surface area contributed by atoms with Crippen molar-refractivity contribution in [3.05, 3.63) is 60.7 Å². The van der Waals surface area contributed by atoms with Gasteiger partial charge < -0.3 is 25.0 Å². The predicted octanol–water partition coefficient (Wildman–Crippen LogP) is 5.67. The first-order chi connectivity index (χ1) is 27.3. The standard InChI is InChI=1S/C41H48F3N5O8S/c1-23-11-5-6-12-25-21-40(25,37(52)48-58(54,55)27-17-18-27)47-34(50)32-20-26(56-35-30-15-8-7-13-28(30)29-14-9-10-16-31(29)45-35)22-49(32)36(51)33(24(2)19-23)46-38(53)57-39(3,4)41(42,43)44/h6-10,12-16,23-27,32-33H,5,11,17-22H2,1-4H3,(H,46,53)(H,47,50)(H,48,52). The van der Waals surface area contributed by atoms with Crippen molar-refractivity contribution < 1.29 is 50.2 Å². The molecule has 17 heteroatoms. The van der Waals surface area contributed by atoms with Crippen molar-refractivity contribution in [3.8, 4) is 5.88 Å². The minimum absolute atomic E-state index is 0.0297. The van der Waals surface area contributed by atoms with E-state index in [0.717, 1.165) is 10.8 Å². The lowest BCUT2D eigenvalue weighted by atomic mass is 9.88. The molecule has 2 aliphatic carbocycles. The fourth-order valence-electron chi connectivity index (χ4n) is 8.06. The zero-order valence-electron chi connectivity index (χ0n) is 32.7. The fourth-order valence-corrected chi connectivity index (χ4v) is 9.43. The number of pyridine rings is 1. The second kappa shape index (κ2) is 15.3. The van der Waals surface area contributed by atoms with Gasteiger partial charge in [-0.15, -0.1) is 0 Å². The number of amides is 4. The Bertz CT molecular complexity index is 2260. The highest BCUT2D eigenvalue weighted by molar-refractivity contribution is 7.91. The third-order valence-electron chi connectivity index (χ3n) is 11.8. The molecule has 0 spiro atoms. The summed E-state index contributed by atoms with van der Waals surface area (Å²) in [6.45, 7) is 4.85. The Hall–Kier alpha value is -4.93. The van der Waals surface area contributed by atoms with E-state index in [1.165, 1.54) is 4.90 Å². The number of alkyl carbamates (subject to hydrolysis) is 1. The summed E-state index contributed by atoms with van der Waals surface area (Å²) in [4.78, 5) is 62.3. The van der Waals surface area contributed by atoms with E-state index in [-0.39, 0.29) is 31.2 Å². The van der Waals surface area contributed by atoms with E-state index in [4.69, 9.17) is 14.5 Å². The van der Waals surface area contributed by atoms with Gasteiger partial charge in [-0.25, -0.2) is 18.2 Å². The van der Waals surface area contributed by atoms with Gasteiger partial charge in [0.2, 0.25) is 33.3 Å². The topological polar surface area (TPSA) is 173 Å². The van der Waals surface area contributed by atoms with E-state index in [1.54, 1.807) is 13.0 Å². The number of carbonyl (C=O) groups excluding carboxylic acids is 4. The summed E-state index contributed by atoms with van der Waals surface area (Å²) in [5.74, 6) is -3.35. The SMILES string of the molecule is CC1CCC=CC2CC2(C(=O)NS(=O)(=O)C2CC2)NC(=O)C2CC(Oc3nc4ccccc4c4ccccc34)CN2C(=O)C(NC(=O)OC(C)(C)C(F)(F)F)C(C)C1. The van der Waals surface area contributed by atoms with Gasteiger partial charge in [0, 0.05) is 23.1 Å². The van der Waals surface area contributed by atoms with Crippen LogP contribution in [0.15, 0.2) is 60.7 Å². The number of alkyl halides is 3. The Morgan fingerprint density at radius 1 is 0.966 bits per heavy atom. The molecule has 312 valence electrons. The molecule has 2 aromatic carbocycles. The van der Waals surface area contributed by atoms with Crippen LogP contribution in [-0.2, 0) is 29.1 Å². The van der Waals surface area contributed by atoms with Gasteiger partial charge in [0.05, 0.1) is 17.3 Å². The highest BCUT2D eigenvalue weighted by Gasteiger charge is 2.62. The normalized spacial score (nSPS) is 28.4. The zero-order chi connectivity index (χ0) is 41.8. The van der Waals surface area contributed by atoms with Crippen LogP contribution in [-0.4, -0.2) is 89.4 Å². The maximum absolute atomic E-state index is 14.8. The summed E-state index contributed by atoms with van der Waals surface area (Å²) in [5, 5.41) is 6.93. The van der Waals surface area contributed by atoms with Gasteiger partial charge in [0.1, 0.15) is 23.7 Å². The van der Waals surface area contributed by atoms with Gasteiger partial charge in [-0.05, 0) is 81.7 Å². The number of aromatic nitrogens is 1. The van der Waals surface area contributed by atoms with Gasteiger partial charge in [-0.2, -0.15) is 13.2 Å². The molecule has 4 aliphatic rings. The van der Waals surface area contributed by atoms with Crippen molar-refractivity contribution in [1.29, 1.82) is 0 Å². The van der Waals surface area contributed by atoms with Crippen LogP contribution in [0.25, 0.3) is 21.7 Å². The number of hydrogen-bond donors (Lipinski definition) is 3. The minimum atomic E-state index is -4.91. The molecule has 0 bridgehead atoms. The monoisotopic (exact) mass is 827 g/mol. The molecule has 13 nitrogen and oxygen atoms in total. The second-order valence-corrected chi connectivity index (χ2v) is 18.7. The summed E-state index contributed by atoms with van der Waals surface area (Å²) in [6, 6.07) is 12.2. The van der Waals surface area contributed by atoms with Crippen LogP contribution < -0.4 is 20.1 Å². The van der Waals surface area contributed by atoms with Crippen LogP contribution in [0.5, 0.6) is 5.88 Å². The van der Waals surface area contributed by atoms with E-state index < -0.39 is 86.4 Å². The smallest absolute Gasteiger partial charge is 0.427 e. The number of sulfonamides is 1. The van der Waals surface area contributed by atoms with Gasteiger partial charge in [-0.1, -0.05) is 62.4 Å². The van der Waals surface area contributed by atoms with Crippen molar-refractivity contribution in [2.45, 2.75) is 113 Å². The van der Waals surface area contributed by atoms with E-state index in [2.05, 4.69) is 15.4 Å². The molecule has 7 atom stereocenters. The molecule has 3 fully saturated rings. The molecule has 1 saturated heterocycles. The highest BCUT2D eigenvalue weighted by atomic mass is 32.2. The van der Waals surface area contributed by atoms with E-state index in [1.807, 2.05) is 61.5 Å². The summed E-state index contributed by atoms with van der Waals surface area (Å²) in [6.07, 6.45) is -1.16. The first-order valence-electron chi connectivity index (χ1n) is 19.7. The number of rotatable bonds is 7. The van der Waals surface area contributed by atoms with E-state index in [9.17, 15) is 40.8 Å². The Morgan fingerprint density at radius 2 is 1.64 bits per heavy atom. The molecule has 3 heterocycles. The number of halogens is 3. The zero-order valence-corrected chi connectivity index (χ0v) is 33.5. The number of benzene rings is 2. The summed E-state index contributed by atoms with van der Waals surface area (Å²) in [7, 11) is -3.98. The van der Waals surface area contributed by atoms with Gasteiger partial charge in [-0.3, -0.25) is 19.1 Å². The number of para-hydroxylation sites is 1. The van der Waals surface area contributed by atoms with Crippen molar-refractivity contribution >= 4 is 55.5 Å². The number of nitrogens with zero attached hydrogens (tertiary/aromatic N) is 2. The molecular weight excluding hydrogens is 780 g/mol. The molecule has 0 radical (unpaired) electrons. The average Bonchev–Trinajstić information content (AvgIpc) is 4.08. The molecule has 2 aliphatic heterocycles. The molecule has 3 aromatic rings. The number of allylic oxidation sites excluding steroid dienone is 1. The van der Waals surface area contributed by atoms with Crippen molar-refractivity contribution in [2.75, 3.05) is 6.54 Å². The van der Waals surface area contributed by atoms with Crippen LogP contribution in [0.1, 0.15) is 72.6 Å². The minimum Gasteiger partial charge on any atom is -0.472 e. The van der Waals surface area contributed by atoms with E-state index >= 15 is 0 Å². The summed E-state index contributed by atoms with van der Waals surface area (Å²) >= 11 is 0. The quantitative estimate of drug-likeness (QED) is 0.201. The third kappa shape index (κ3) is 8.32. The van der Waals surface area contributed by atoms with Gasteiger partial charge in [0.25, 0.3) is 5.91 Å². The molecular formula is C41H48F3N5O8S.